The third-order valence-corrected chi connectivity index (χ3v) is 7.73. The third kappa shape index (κ3) is 3.85. The second kappa shape index (κ2) is 8.06. The van der Waals surface area contributed by atoms with E-state index in [1.165, 1.54) is 12.1 Å². The molecule has 4 rings (SSSR count). The first-order chi connectivity index (χ1) is 13.5. The fraction of sp³-hybridized carbons (Fsp3) is 0.238. The van der Waals surface area contributed by atoms with Crippen LogP contribution in [0.1, 0.15) is 28.7 Å². The van der Waals surface area contributed by atoms with Crippen LogP contribution in [0.3, 0.4) is 0 Å². The van der Waals surface area contributed by atoms with Crippen molar-refractivity contribution in [3.05, 3.63) is 81.3 Å². The van der Waals surface area contributed by atoms with Crippen molar-refractivity contribution in [1.82, 2.24) is 0 Å². The molecule has 152 valence electrons. The molecule has 2 aromatic carbocycles. The Balaban J connectivity index is 0.00000256. The van der Waals surface area contributed by atoms with Gasteiger partial charge in [0.1, 0.15) is 8.98 Å². The molecule has 0 aromatic heterocycles. The minimum atomic E-state index is -4.12. The van der Waals surface area contributed by atoms with Gasteiger partial charge in [-0.15, -0.1) is 5.75 Å². The zero-order chi connectivity index (χ0) is 21.2. The van der Waals surface area contributed by atoms with Crippen LogP contribution in [0.15, 0.2) is 59.0 Å². The van der Waals surface area contributed by atoms with E-state index in [2.05, 4.69) is 31.9 Å². The molecule has 1 aliphatic carbocycles. The maximum absolute atomic E-state index is 13.0. The van der Waals surface area contributed by atoms with Crippen LogP contribution < -0.4 is 34.7 Å². The van der Waals surface area contributed by atoms with E-state index in [9.17, 15) is 18.6 Å². The van der Waals surface area contributed by atoms with Crippen molar-refractivity contribution >= 4 is 42.0 Å². The number of benzene rings is 2. The minimum absolute atomic E-state index is 0. The second-order valence-electron chi connectivity index (χ2n) is 7.29. The molecule has 0 amide bonds. The molecule has 1 fully saturated rings. The summed E-state index contributed by atoms with van der Waals surface area (Å²) in [6.45, 7) is 3.44. The maximum atomic E-state index is 13.0. The molecule has 1 aliphatic heterocycles. The normalized spacial score (nSPS) is 23.7. The van der Waals surface area contributed by atoms with Crippen LogP contribution in [0, 0.1) is 13.8 Å². The number of fused-ring (bicyclic) bond motifs is 1. The van der Waals surface area contributed by atoms with E-state index in [0.717, 1.165) is 0 Å². The van der Waals surface area contributed by atoms with Crippen molar-refractivity contribution in [2.45, 2.75) is 29.1 Å². The molecule has 2 aromatic rings. The van der Waals surface area contributed by atoms with Crippen LogP contribution in [0.25, 0.3) is 0 Å². The van der Waals surface area contributed by atoms with Crippen LogP contribution in [0.5, 0.6) is 11.5 Å². The first-order valence-electron chi connectivity index (χ1n) is 8.82. The maximum Gasteiger partial charge on any atom is 1.00 e. The number of aromatic hydroxyl groups is 1. The number of phenolic OH excluding ortho intramolecular Hbond substituents is 1. The summed E-state index contributed by atoms with van der Waals surface area (Å²) in [6, 6.07) is 9.63. The van der Waals surface area contributed by atoms with E-state index in [4.69, 9.17) is 4.18 Å². The SMILES string of the molecule is Cc1ccc(C2(c3ccc(C)c(O)c3)OS(=O)(=O)C3=CC(Br)(Br)CC=C32)cc1[O-].[Na+]. The Bertz CT molecular complexity index is 1150. The van der Waals surface area contributed by atoms with Gasteiger partial charge in [0.15, 0.2) is 5.60 Å². The van der Waals surface area contributed by atoms with Gasteiger partial charge in [0.25, 0.3) is 10.1 Å². The summed E-state index contributed by atoms with van der Waals surface area (Å²) in [5.74, 6) is -0.204. The Labute approximate surface area is 214 Å². The summed E-state index contributed by atoms with van der Waals surface area (Å²) in [4.78, 5) is 0.0330. The number of rotatable bonds is 2. The predicted molar refractivity (Wildman–Crippen MR) is 116 cm³/mol. The van der Waals surface area contributed by atoms with Crippen molar-refractivity contribution in [3.8, 4) is 11.5 Å². The number of hydrogen-bond acceptors (Lipinski definition) is 5. The molecule has 1 N–H and O–H groups in total. The number of alkyl halides is 2. The minimum Gasteiger partial charge on any atom is -0.872 e. The van der Waals surface area contributed by atoms with Gasteiger partial charge in [0.2, 0.25) is 0 Å². The molecule has 0 saturated carbocycles. The van der Waals surface area contributed by atoms with E-state index in [-0.39, 0.29) is 46.0 Å². The summed E-state index contributed by atoms with van der Waals surface area (Å²) in [5, 5.41) is 22.7. The number of hydrogen-bond donors (Lipinski definition) is 1. The number of halogens is 2. The van der Waals surface area contributed by atoms with Crippen molar-refractivity contribution in [3.63, 3.8) is 0 Å². The molecular weight excluding hydrogens is 547 g/mol. The topological polar surface area (TPSA) is 86.7 Å². The zero-order valence-corrected chi connectivity index (χ0v) is 22.6. The van der Waals surface area contributed by atoms with Gasteiger partial charge in [-0.05, 0) is 49.1 Å². The molecule has 2 aliphatic rings. The molecule has 0 radical (unpaired) electrons. The van der Waals surface area contributed by atoms with Crippen LogP contribution in [-0.4, -0.2) is 16.8 Å². The van der Waals surface area contributed by atoms with Gasteiger partial charge in [-0.1, -0.05) is 73.8 Å². The Morgan fingerprint density at radius 3 is 2.27 bits per heavy atom. The summed E-state index contributed by atoms with van der Waals surface area (Å²) in [6.07, 6.45) is 3.80. The predicted octanol–water partition coefficient (Wildman–Crippen LogP) is 1.39. The first kappa shape index (κ1) is 24.0. The average Bonchev–Trinajstić information content (AvgIpc) is 2.86. The molecule has 0 bridgehead atoms. The van der Waals surface area contributed by atoms with E-state index < -0.39 is 19.0 Å². The second-order valence-corrected chi connectivity index (χ2v) is 12.7. The van der Waals surface area contributed by atoms with E-state index in [1.807, 2.05) is 0 Å². The van der Waals surface area contributed by atoms with E-state index in [0.29, 0.717) is 34.2 Å². The summed E-state index contributed by atoms with van der Waals surface area (Å²) >= 11 is 6.92. The Hall–Kier alpha value is -0.610. The van der Waals surface area contributed by atoms with Crippen LogP contribution in [0.2, 0.25) is 0 Å². The van der Waals surface area contributed by atoms with Gasteiger partial charge in [-0.3, -0.25) is 0 Å². The van der Waals surface area contributed by atoms with Gasteiger partial charge < -0.3 is 10.2 Å². The molecular formula is C21H17Br2NaO5S. The largest absolute Gasteiger partial charge is 1.00 e. The number of allylic oxidation sites excluding steroid dienone is 2. The van der Waals surface area contributed by atoms with E-state index >= 15 is 0 Å². The molecule has 1 unspecified atom stereocenters. The molecule has 1 saturated heterocycles. The smallest absolute Gasteiger partial charge is 0.872 e. The molecule has 1 atom stereocenters. The fourth-order valence-corrected chi connectivity index (χ4v) is 6.29. The molecule has 9 heteroatoms. The van der Waals surface area contributed by atoms with Crippen molar-refractivity contribution < 1.29 is 52.4 Å². The summed E-state index contributed by atoms with van der Waals surface area (Å²) in [7, 11) is -4.12. The molecule has 1 heterocycles. The van der Waals surface area contributed by atoms with Gasteiger partial charge in [0.05, 0.1) is 4.91 Å². The average molecular weight is 564 g/mol. The van der Waals surface area contributed by atoms with Gasteiger partial charge in [-0.25, -0.2) is 4.18 Å². The zero-order valence-electron chi connectivity index (χ0n) is 16.6. The first-order valence-corrected chi connectivity index (χ1v) is 11.8. The Morgan fingerprint density at radius 2 is 1.67 bits per heavy atom. The monoisotopic (exact) mass is 562 g/mol. The van der Waals surface area contributed by atoms with Gasteiger partial charge in [0, 0.05) is 5.57 Å². The standard InChI is InChI=1S/C21H18Br2O5S.Na/c1-12-3-5-14(9-17(12)24)21(15-6-4-13(2)18(25)10-15)16-7-8-20(22,23)11-19(16)29(26,27)28-21;/h3-7,9-11,24-25H,8H2,1-2H3;/q;+1/p-1. The molecule has 0 spiro atoms. The van der Waals surface area contributed by atoms with Crippen molar-refractivity contribution in [1.29, 1.82) is 0 Å². The fourth-order valence-electron chi connectivity index (χ4n) is 3.67. The Morgan fingerprint density at radius 1 is 1.07 bits per heavy atom. The quantitative estimate of drug-likeness (QED) is 0.339. The molecule has 5 nitrogen and oxygen atoms in total. The number of aryl methyl sites for hydroxylation is 2. The van der Waals surface area contributed by atoms with Crippen molar-refractivity contribution in [2.24, 2.45) is 0 Å². The van der Waals surface area contributed by atoms with Crippen LogP contribution >= 0.6 is 31.9 Å². The van der Waals surface area contributed by atoms with Gasteiger partial charge >= 0.3 is 29.6 Å². The van der Waals surface area contributed by atoms with E-state index in [1.54, 1.807) is 50.3 Å². The third-order valence-electron chi connectivity index (χ3n) is 5.28. The summed E-state index contributed by atoms with van der Waals surface area (Å²) < 4.78 is 31.1. The van der Waals surface area contributed by atoms with Crippen molar-refractivity contribution in [2.75, 3.05) is 0 Å². The molecule has 30 heavy (non-hydrogen) atoms. The van der Waals surface area contributed by atoms with Crippen LogP contribution in [0.4, 0.5) is 0 Å². The van der Waals surface area contributed by atoms with Gasteiger partial charge in [-0.2, -0.15) is 8.42 Å². The van der Waals surface area contributed by atoms with Crippen LogP contribution in [-0.2, 0) is 19.9 Å². The number of phenols is 1. The summed E-state index contributed by atoms with van der Waals surface area (Å²) in [5.41, 5.74) is 0.888. The Kier molecular flexibility index (Phi) is 6.46.